The van der Waals surface area contributed by atoms with Gasteiger partial charge in [0.1, 0.15) is 5.41 Å². The van der Waals surface area contributed by atoms with Gasteiger partial charge in [0.05, 0.1) is 19.3 Å². The molecule has 37 heavy (non-hydrogen) atoms. The van der Waals surface area contributed by atoms with E-state index in [1.54, 1.807) is 0 Å². The molecule has 3 heterocycles. The quantitative estimate of drug-likeness (QED) is 0.351. The molecule has 4 atom stereocenters. The van der Waals surface area contributed by atoms with E-state index in [0.717, 1.165) is 63.7 Å². The summed E-state index contributed by atoms with van der Waals surface area (Å²) in [6, 6.07) is 0. The largest absolute Gasteiger partial charge is 0.468 e. The number of amides is 2. The Kier molecular flexibility index (Phi) is 7.80. The Bertz CT molecular complexity index is 961. The fourth-order valence-electron chi connectivity index (χ4n) is 6.97. The summed E-state index contributed by atoms with van der Waals surface area (Å²) in [5.41, 5.74) is 1.11. The fraction of sp³-hybridized carbons (Fsp3) is 0.767. The zero-order valence-corrected chi connectivity index (χ0v) is 22.9. The lowest BCUT2D eigenvalue weighted by molar-refractivity contribution is -0.182. The molecule has 5 aliphatic rings. The number of nitrogens with zero attached hydrogens (tertiary/aromatic N) is 2. The number of carbonyl (C=O) groups excluding carboxylic acids is 3. The first-order valence-corrected chi connectivity index (χ1v) is 14.6. The van der Waals surface area contributed by atoms with Crippen molar-refractivity contribution in [3.05, 3.63) is 23.4 Å². The number of ether oxygens (including phenoxy) is 2. The van der Waals surface area contributed by atoms with Crippen molar-refractivity contribution in [2.75, 3.05) is 26.7 Å². The molecule has 5 rings (SSSR count). The molecular formula is C30H44N2O5. The first kappa shape index (κ1) is 26.5. The number of esters is 1. The molecule has 7 nitrogen and oxygen atoms in total. The summed E-state index contributed by atoms with van der Waals surface area (Å²) < 4.78 is 12.2. The lowest BCUT2D eigenvalue weighted by Gasteiger charge is -2.53. The molecule has 0 N–H and O–H groups in total. The lowest BCUT2D eigenvalue weighted by Crippen LogP contribution is -2.62. The van der Waals surface area contributed by atoms with Crippen LogP contribution in [0.25, 0.3) is 0 Å². The Morgan fingerprint density at radius 1 is 1.16 bits per heavy atom. The Morgan fingerprint density at radius 2 is 1.92 bits per heavy atom. The molecule has 2 amide bonds. The fourth-order valence-corrected chi connectivity index (χ4v) is 6.97. The molecule has 3 aliphatic heterocycles. The van der Waals surface area contributed by atoms with Crippen LogP contribution in [0.2, 0.25) is 0 Å². The van der Waals surface area contributed by atoms with Gasteiger partial charge < -0.3 is 19.3 Å². The molecule has 0 unspecified atom stereocenters. The highest BCUT2D eigenvalue weighted by atomic mass is 16.5. The van der Waals surface area contributed by atoms with Gasteiger partial charge in [-0.2, -0.15) is 0 Å². The zero-order valence-electron chi connectivity index (χ0n) is 22.9. The van der Waals surface area contributed by atoms with Crippen LogP contribution in [0.15, 0.2) is 23.4 Å². The predicted molar refractivity (Wildman–Crippen MR) is 140 cm³/mol. The van der Waals surface area contributed by atoms with Gasteiger partial charge in [-0.1, -0.05) is 25.5 Å². The van der Waals surface area contributed by atoms with E-state index in [-0.39, 0.29) is 54.7 Å². The standard InChI is InChI=1S/C30H44N2O5/c1-20(2)24-18-25-30(29(35)36-3,27(37-24)22-11-12-22)19-23(17-26(33)31-14-7-8-15-31)28(34)32(25)16-13-21-9-5-4-6-10-21/h9,18,20,22-24,27H,4-8,10-17,19H2,1-3H3/t23-,24+,27+,30+/m0/s1. The van der Waals surface area contributed by atoms with Crippen molar-refractivity contribution < 1.29 is 23.9 Å². The zero-order chi connectivity index (χ0) is 26.2. The van der Waals surface area contributed by atoms with Crippen molar-refractivity contribution in [3.63, 3.8) is 0 Å². The lowest BCUT2D eigenvalue weighted by atomic mass is 9.64. The maximum absolute atomic E-state index is 14.1. The van der Waals surface area contributed by atoms with E-state index in [0.29, 0.717) is 6.54 Å². The number of hydrogen-bond acceptors (Lipinski definition) is 5. The molecule has 0 aromatic heterocycles. The van der Waals surface area contributed by atoms with Crippen LogP contribution >= 0.6 is 0 Å². The van der Waals surface area contributed by atoms with Crippen molar-refractivity contribution in [1.29, 1.82) is 0 Å². The van der Waals surface area contributed by atoms with E-state index in [2.05, 4.69) is 19.9 Å². The number of likely N-dealkylation sites (tertiary alicyclic amines) is 2. The van der Waals surface area contributed by atoms with E-state index in [1.165, 1.54) is 25.5 Å². The molecule has 0 aromatic carbocycles. The SMILES string of the molecule is COC(=O)[C@]12C[C@H](CC(=O)N3CCCC3)C(=O)N(CCC3=CCCCC3)C1=C[C@H](C(C)C)O[C@@H]2C1CC1. The van der Waals surface area contributed by atoms with Crippen LogP contribution in [0, 0.1) is 23.2 Å². The molecule has 0 bridgehead atoms. The predicted octanol–water partition coefficient (Wildman–Crippen LogP) is 4.61. The maximum Gasteiger partial charge on any atom is 0.320 e. The smallest absolute Gasteiger partial charge is 0.320 e. The molecule has 3 fully saturated rings. The summed E-state index contributed by atoms with van der Waals surface area (Å²) in [7, 11) is 1.44. The monoisotopic (exact) mass is 512 g/mol. The van der Waals surface area contributed by atoms with Crippen LogP contribution < -0.4 is 0 Å². The van der Waals surface area contributed by atoms with Gasteiger partial charge in [0.2, 0.25) is 11.8 Å². The highest BCUT2D eigenvalue weighted by molar-refractivity contribution is 5.93. The highest BCUT2D eigenvalue weighted by Crippen LogP contribution is 2.56. The molecule has 2 saturated heterocycles. The minimum atomic E-state index is -1.05. The van der Waals surface area contributed by atoms with E-state index in [4.69, 9.17) is 9.47 Å². The Hall–Kier alpha value is -2.15. The normalized spacial score (nSPS) is 32.2. The average molecular weight is 513 g/mol. The van der Waals surface area contributed by atoms with Crippen molar-refractivity contribution in [2.45, 2.75) is 96.7 Å². The van der Waals surface area contributed by atoms with Gasteiger partial charge in [-0.3, -0.25) is 14.4 Å². The van der Waals surface area contributed by atoms with Crippen LogP contribution in [0.1, 0.15) is 84.5 Å². The molecule has 204 valence electrons. The number of methoxy groups -OCH3 is 1. The summed E-state index contributed by atoms with van der Waals surface area (Å²) in [5.74, 6) is -0.380. The molecule has 0 radical (unpaired) electrons. The topological polar surface area (TPSA) is 76.2 Å². The van der Waals surface area contributed by atoms with Crippen LogP contribution in [-0.4, -0.2) is 66.5 Å². The summed E-state index contributed by atoms with van der Waals surface area (Å²) in [5, 5.41) is 0. The first-order valence-electron chi connectivity index (χ1n) is 14.6. The number of rotatable bonds is 8. The van der Waals surface area contributed by atoms with Crippen molar-refractivity contribution in [3.8, 4) is 0 Å². The summed E-state index contributed by atoms with van der Waals surface area (Å²) in [4.78, 5) is 44.9. The Labute approximate surface area is 221 Å². The number of carbonyl (C=O) groups is 3. The summed E-state index contributed by atoms with van der Waals surface area (Å²) in [6.07, 6.45) is 13.7. The number of hydrogen-bond donors (Lipinski definition) is 0. The number of fused-ring (bicyclic) bond motifs is 1. The van der Waals surface area contributed by atoms with E-state index in [1.807, 2.05) is 15.9 Å². The molecule has 2 aliphatic carbocycles. The Balaban J connectivity index is 1.53. The van der Waals surface area contributed by atoms with Gasteiger partial charge in [-0.15, -0.1) is 0 Å². The van der Waals surface area contributed by atoms with Crippen LogP contribution in [0.4, 0.5) is 0 Å². The number of allylic oxidation sites excluding steroid dienone is 1. The van der Waals surface area contributed by atoms with E-state index >= 15 is 0 Å². The van der Waals surface area contributed by atoms with Gasteiger partial charge in [-0.25, -0.2) is 0 Å². The van der Waals surface area contributed by atoms with Gasteiger partial charge >= 0.3 is 5.97 Å². The second-order valence-corrected chi connectivity index (χ2v) is 12.2. The van der Waals surface area contributed by atoms with Gasteiger partial charge in [0.15, 0.2) is 0 Å². The molecule has 0 aromatic rings. The van der Waals surface area contributed by atoms with Crippen LogP contribution in [0.5, 0.6) is 0 Å². The maximum atomic E-state index is 14.1. The average Bonchev–Trinajstić information content (AvgIpc) is 3.60. The summed E-state index contributed by atoms with van der Waals surface area (Å²) in [6.45, 7) is 6.29. The van der Waals surface area contributed by atoms with Gasteiger partial charge in [0.25, 0.3) is 0 Å². The minimum Gasteiger partial charge on any atom is -0.468 e. The molecule has 1 saturated carbocycles. The second-order valence-electron chi connectivity index (χ2n) is 12.2. The van der Waals surface area contributed by atoms with Gasteiger partial charge in [-0.05, 0) is 82.1 Å². The van der Waals surface area contributed by atoms with E-state index < -0.39 is 11.3 Å². The molecular weight excluding hydrogens is 468 g/mol. The van der Waals surface area contributed by atoms with Crippen molar-refractivity contribution >= 4 is 17.8 Å². The van der Waals surface area contributed by atoms with Crippen LogP contribution in [0.3, 0.4) is 0 Å². The minimum absolute atomic E-state index is 0.0197. The third kappa shape index (κ3) is 5.13. The third-order valence-electron chi connectivity index (χ3n) is 9.22. The second kappa shape index (κ2) is 10.9. The Morgan fingerprint density at radius 3 is 2.54 bits per heavy atom. The summed E-state index contributed by atoms with van der Waals surface area (Å²) >= 11 is 0. The van der Waals surface area contributed by atoms with Crippen LogP contribution in [-0.2, 0) is 23.9 Å². The van der Waals surface area contributed by atoms with Crippen molar-refractivity contribution in [1.82, 2.24) is 9.80 Å². The molecule has 7 heteroatoms. The van der Waals surface area contributed by atoms with Crippen molar-refractivity contribution in [2.24, 2.45) is 23.2 Å². The van der Waals surface area contributed by atoms with Gasteiger partial charge in [0, 0.05) is 37.7 Å². The highest BCUT2D eigenvalue weighted by Gasteiger charge is 2.63. The third-order valence-corrected chi connectivity index (χ3v) is 9.22. The number of piperidine rings is 1. The first-order chi connectivity index (χ1) is 17.8. The molecule has 0 spiro atoms. The van der Waals surface area contributed by atoms with E-state index in [9.17, 15) is 14.4 Å².